The first-order valence-corrected chi connectivity index (χ1v) is 9.78. The largest absolute Gasteiger partial charge is 0.493 e. The smallest absolute Gasteiger partial charge is 0.269 e. The molecule has 0 saturated carbocycles. The molecule has 0 aliphatic rings. The quantitative estimate of drug-likeness (QED) is 0.174. The van der Waals surface area contributed by atoms with E-state index in [1.54, 1.807) is 42.5 Å². The maximum Gasteiger partial charge on any atom is 0.269 e. The van der Waals surface area contributed by atoms with Gasteiger partial charge in [-0.15, -0.1) is 0 Å². The third-order valence-corrected chi connectivity index (χ3v) is 4.99. The Labute approximate surface area is 189 Å². The van der Waals surface area contributed by atoms with E-state index in [0.29, 0.717) is 38.2 Å². The zero-order chi connectivity index (χ0) is 22.4. The molecule has 0 unspecified atom stereocenters. The molecule has 0 N–H and O–H groups in total. The molecule has 0 bridgehead atoms. The first-order chi connectivity index (χ1) is 14.9. The number of methoxy groups -OCH3 is 1. The van der Waals surface area contributed by atoms with Crippen molar-refractivity contribution in [2.45, 2.75) is 6.61 Å². The molecule has 0 amide bonds. The third kappa shape index (κ3) is 5.54. The molecule has 6 nitrogen and oxygen atoms in total. The summed E-state index contributed by atoms with van der Waals surface area (Å²) < 4.78 is 11.3. The van der Waals surface area contributed by atoms with Crippen LogP contribution in [-0.2, 0) is 6.61 Å². The van der Waals surface area contributed by atoms with Crippen LogP contribution in [0.2, 0.25) is 10.0 Å². The first-order valence-electron chi connectivity index (χ1n) is 9.02. The Balaban J connectivity index is 1.82. The summed E-state index contributed by atoms with van der Waals surface area (Å²) in [6, 6.07) is 18.3. The maximum absolute atomic E-state index is 10.8. The van der Waals surface area contributed by atoms with Crippen molar-refractivity contribution in [1.82, 2.24) is 0 Å². The van der Waals surface area contributed by atoms with E-state index in [1.165, 1.54) is 31.4 Å². The summed E-state index contributed by atoms with van der Waals surface area (Å²) >= 11 is 12.1. The minimum absolute atomic E-state index is 0.0370. The lowest BCUT2D eigenvalue weighted by Gasteiger charge is -2.12. The number of nitriles is 1. The number of halogens is 2. The molecule has 8 heteroatoms. The van der Waals surface area contributed by atoms with E-state index in [0.717, 1.165) is 5.56 Å². The van der Waals surface area contributed by atoms with Crippen molar-refractivity contribution in [3.05, 3.63) is 97.5 Å². The van der Waals surface area contributed by atoms with Gasteiger partial charge in [0.2, 0.25) is 0 Å². The Morgan fingerprint density at radius 2 is 1.84 bits per heavy atom. The molecule has 0 fully saturated rings. The Morgan fingerprint density at radius 3 is 2.45 bits per heavy atom. The van der Waals surface area contributed by atoms with Gasteiger partial charge in [0.05, 0.1) is 23.7 Å². The van der Waals surface area contributed by atoms with Crippen molar-refractivity contribution in [2.24, 2.45) is 0 Å². The van der Waals surface area contributed by atoms with Crippen LogP contribution in [0.4, 0.5) is 5.69 Å². The average molecular weight is 455 g/mol. The van der Waals surface area contributed by atoms with Gasteiger partial charge in [0.25, 0.3) is 5.69 Å². The minimum Gasteiger partial charge on any atom is -0.493 e. The fourth-order valence-electron chi connectivity index (χ4n) is 2.80. The van der Waals surface area contributed by atoms with E-state index >= 15 is 0 Å². The van der Waals surface area contributed by atoms with Gasteiger partial charge in [-0.2, -0.15) is 5.26 Å². The van der Waals surface area contributed by atoms with Crippen LogP contribution < -0.4 is 9.47 Å². The van der Waals surface area contributed by atoms with Crippen LogP contribution in [0.3, 0.4) is 0 Å². The van der Waals surface area contributed by atoms with Crippen LogP contribution in [0.5, 0.6) is 11.5 Å². The standard InChI is InChI=1S/C23H16Cl2N2O4/c1-30-23-11-15(10-18(13-26)16-4-7-20(8-5-16)27(28)29)2-9-22(23)31-14-17-3-6-19(24)12-21(17)25/h2-12H,14H2,1H3/b18-10+. The molecule has 0 aliphatic heterocycles. The molecule has 0 saturated heterocycles. The highest BCUT2D eigenvalue weighted by Gasteiger charge is 2.10. The SMILES string of the molecule is COc1cc(/C=C(\C#N)c2ccc([N+](=O)[O-])cc2)ccc1OCc1ccc(Cl)cc1Cl. The lowest BCUT2D eigenvalue weighted by atomic mass is 10.0. The van der Waals surface area contributed by atoms with E-state index in [1.807, 2.05) is 0 Å². The van der Waals surface area contributed by atoms with Crippen LogP contribution in [0.15, 0.2) is 60.7 Å². The fourth-order valence-corrected chi connectivity index (χ4v) is 3.26. The topological polar surface area (TPSA) is 85.4 Å². The second kappa shape index (κ2) is 9.98. The van der Waals surface area contributed by atoms with Crippen molar-refractivity contribution < 1.29 is 14.4 Å². The molecule has 156 valence electrons. The number of rotatable bonds is 7. The Bertz CT molecular complexity index is 1190. The van der Waals surface area contributed by atoms with Crippen LogP contribution in [0.25, 0.3) is 11.6 Å². The summed E-state index contributed by atoms with van der Waals surface area (Å²) in [5, 5.41) is 21.4. The zero-order valence-electron chi connectivity index (χ0n) is 16.3. The molecule has 0 atom stereocenters. The summed E-state index contributed by atoms with van der Waals surface area (Å²) in [5.41, 5.74) is 2.39. The molecular weight excluding hydrogens is 439 g/mol. The number of non-ortho nitro benzene ring substituents is 1. The highest BCUT2D eigenvalue weighted by Crippen LogP contribution is 2.31. The maximum atomic E-state index is 10.8. The Hall–Kier alpha value is -3.53. The highest BCUT2D eigenvalue weighted by molar-refractivity contribution is 6.35. The Kier molecular flexibility index (Phi) is 7.14. The minimum atomic E-state index is -0.486. The summed E-state index contributed by atoms with van der Waals surface area (Å²) in [6.45, 7) is 0.230. The zero-order valence-corrected chi connectivity index (χ0v) is 17.9. The second-order valence-corrected chi connectivity index (χ2v) is 7.25. The number of allylic oxidation sites excluding steroid dienone is 1. The van der Waals surface area contributed by atoms with E-state index in [-0.39, 0.29) is 12.3 Å². The van der Waals surface area contributed by atoms with Gasteiger partial charge in [0.1, 0.15) is 6.61 Å². The lowest BCUT2D eigenvalue weighted by Crippen LogP contribution is -1.98. The van der Waals surface area contributed by atoms with Gasteiger partial charge in [-0.25, -0.2) is 0 Å². The molecule has 3 aromatic rings. The van der Waals surface area contributed by atoms with Gasteiger partial charge < -0.3 is 9.47 Å². The van der Waals surface area contributed by atoms with Gasteiger partial charge in [-0.05, 0) is 53.6 Å². The number of nitro groups is 1. The predicted molar refractivity (Wildman–Crippen MR) is 120 cm³/mol. The molecule has 3 rings (SSSR count). The number of benzene rings is 3. The van der Waals surface area contributed by atoms with E-state index < -0.39 is 4.92 Å². The van der Waals surface area contributed by atoms with Crippen LogP contribution >= 0.6 is 23.2 Å². The summed E-state index contributed by atoms with van der Waals surface area (Å²) in [7, 11) is 1.52. The van der Waals surface area contributed by atoms with Crippen LogP contribution in [0.1, 0.15) is 16.7 Å². The van der Waals surface area contributed by atoms with Crippen LogP contribution in [-0.4, -0.2) is 12.0 Å². The lowest BCUT2D eigenvalue weighted by molar-refractivity contribution is -0.384. The molecule has 0 heterocycles. The molecule has 0 aliphatic carbocycles. The predicted octanol–water partition coefficient (Wildman–Crippen LogP) is 6.55. The van der Waals surface area contributed by atoms with Crippen LogP contribution in [0, 0.1) is 21.4 Å². The normalized spacial score (nSPS) is 11.0. The van der Waals surface area contributed by atoms with Crippen molar-refractivity contribution in [2.75, 3.05) is 7.11 Å². The number of ether oxygens (including phenoxy) is 2. The van der Waals surface area contributed by atoms with Gasteiger partial charge >= 0.3 is 0 Å². The van der Waals surface area contributed by atoms with E-state index in [9.17, 15) is 15.4 Å². The van der Waals surface area contributed by atoms with Crippen molar-refractivity contribution >= 4 is 40.5 Å². The van der Waals surface area contributed by atoms with Gasteiger partial charge in [-0.1, -0.05) is 35.3 Å². The number of nitrogens with zero attached hydrogens (tertiary/aromatic N) is 2. The van der Waals surface area contributed by atoms with Gasteiger partial charge in [-0.3, -0.25) is 10.1 Å². The third-order valence-electron chi connectivity index (χ3n) is 4.41. The summed E-state index contributed by atoms with van der Waals surface area (Å²) in [6.07, 6.45) is 1.67. The molecule has 0 spiro atoms. The van der Waals surface area contributed by atoms with Crippen molar-refractivity contribution in [1.29, 1.82) is 5.26 Å². The molecule has 3 aromatic carbocycles. The molecular formula is C23H16Cl2N2O4. The van der Waals surface area contributed by atoms with Crippen molar-refractivity contribution in [3.8, 4) is 17.6 Å². The second-order valence-electron chi connectivity index (χ2n) is 6.41. The summed E-state index contributed by atoms with van der Waals surface area (Å²) in [5.74, 6) is 0.999. The monoisotopic (exact) mass is 454 g/mol. The first kappa shape index (κ1) is 22.2. The molecule has 0 radical (unpaired) electrons. The summed E-state index contributed by atoms with van der Waals surface area (Å²) in [4.78, 5) is 10.3. The number of hydrogen-bond donors (Lipinski definition) is 0. The Morgan fingerprint density at radius 1 is 1.10 bits per heavy atom. The van der Waals surface area contributed by atoms with E-state index in [4.69, 9.17) is 32.7 Å². The fraction of sp³-hybridized carbons (Fsp3) is 0.0870. The average Bonchev–Trinajstić information content (AvgIpc) is 2.77. The van der Waals surface area contributed by atoms with Gasteiger partial charge in [0.15, 0.2) is 11.5 Å². The number of nitro benzene ring substituents is 1. The highest BCUT2D eigenvalue weighted by atomic mass is 35.5. The van der Waals surface area contributed by atoms with Gasteiger partial charge in [0, 0.05) is 27.7 Å². The molecule has 0 aromatic heterocycles. The van der Waals surface area contributed by atoms with E-state index in [2.05, 4.69) is 6.07 Å². The molecule has 31 heavy (non-hydrogen) atoms. The number of hydrogen-bond acceptors (Lipinski definition) is 5. The van der Waals surface area contributed by atoms with Crippen molar-refractivity contribution in [3.63, 3.8) is 0 Å².